The summed E-state index contributed by atoms with van der Waals surface area (Å²) in [7, 11) is 0. The molecule has 0 atom stereocenters. The van der Waals surface area contributed by atoms with E-state index in [-0.39, 0.29) is 18.3 Å². The van der Waals surface area contributed by atoms with Crippen LogP contribution in [0.15, 0.2) is 41.5 Å². The molecule has 2 aromatic heterocycles. The molecule has 0 amide bonds. The van der Waals surface area contributed by atoms with Crippen molar-refractivity contribution in [2.24, 2.45) is 0 Å². The Bertz CT molecular complexity index is 828. The van der Waals surface area contributed by atoms with E-state index in [1.165, 1.54) is 25.3 Å². The highest BCUT2D eigenvalue weighted by atomic mass is 19.1. The molecule has 0 N–H and O–H groups in total. The monoisotopic (exact) mass is 387 g/mol. The van der Waals surface area contributed by atoms with Crippen LogP contribution in [0, 0.1) is 0 Å². The molecule has 1 aliphatic carbocycles. The average molecular weight is 387 g/mol. The van der Waals surface area contributed by atoms with Crippen molar-refractivity contribution in [3.05, 3.63) is 47.0 Å². The van der Waals surface area contributed by atoms with E-state index >= 15 is 0 Å². The highest BCUT2D eigenvalue weighted by Gasteiger charge is 2.29. The molecule has 7 heteroatoms. The Morgan fingerprint density at radius 1 is 1.07 bits per heavy atom. The van der Waals surface area contributed by atoms with E-state index in [4.69, 9.17) is 9.57 Å². The minimum absolute atomic E-state index is 0.159. The summed E-state index contributed by atoms with van der Waals surface area (Å²) in [6.45, 7) is 1.40. The zero-order chi connectivity index (χ0) is 19.3. The Morgan fingerprint density at radius 3 is 2.50 bits per heavy atom. The summed E-state index contributed by atoms with van der Waals surface area (Å²) in [6, 6.07) is 7.66. The van der Waals surface area contributed by atoms with Crippen molar-refractivity contribution in [1.82, 2.24) is 14.6 Å². The van der Waals surface area contributed by atoms with Crippen LogP contribution in [0.25, 0.3) is 11.1 Å². The molecule has 28 heavy (non-hydrogen) atoms. The van der Waals surface area contributed by atoms with Gasteiger partial charge in [-0.15, -0.1) is 0 Å². The first-order valence-electron chi connectivity index (χ1n) is 10.0. The number of ether oxygens (including phenoxy) is 1. The Balaban J connectivity index is 1.35. The summed E-state index contributed by atoms with van der Waals surface area (Å²) in [4.78, 5) is 23.9. The Kier molecular flexibility index (Phi) is 5.90. The van der Waals surface area contributed by atoms with Gasteiger partial charge in [0.25, 0.3) is 5.56 Å². The minimum atomic E-state index is -0.649. The predicted molar refractivity (Wildman–Crippen MR) is 104 cm³/mol. The molecule has 0 aromatic carbocycles. The number of nitrogens with zero attached hydrogens (tertiary/aromatic N) is 3. The zero-order valence-corrected chi connectivity index (χ0v) is 15.9. The molecule has 0 spiro atoms. The molecule has 3 heterocycles. The highest BCUT2D eigenvalue weighted by molar-refractivity contribution is 5.61. The lowest BCUT2D eigenvalue weighted by Gasteiger charge is -2.41. The molecule has 2 aliphatic rings. The number of piperidine rings is 1. The predicted octanol–water partition coefficient (Wildman–Crippen LogP) is 2.70. The molecule has 0 unspecified atom stereocenters. The van der Waals surface area contributed by atoms with Gasteiger partial charge in [-0.1, -0.05) is 6.42 Å². The molecule has 2 aromatic rings. The molecule has 0 bridgehead atoms. The summed E-state index contributed by atoms with van der Waals surface area (Å²) in [5.74, 6) is 0.618. The Hall–Kier alpha value is -2.41. The maximum absolute atomic E-state index is 12.3. The van der Waals surface area contributed by atoms with Gasteiger partial charge in [0.05, 0.1) is 6.20 Å². The van der Waals surface area contributed by atoms with Crippen molar-refractivity contribution < 1.29 is 14.0 Å². The quantitative estimate of drug-likeness (QED) is 0.731. The topological polar surface area (TPSA) is 56.6 Å². The summed E-state index contributed by atoms with van der Waals surface area (Å²) < 4.78 is 19.4. The molecule has 6 nitrogen and oxygen atoms in total. The van der Waals surface area contributed by atoms with Gasteiger partial charge in [0.15, 0.2) is 0 Å². The number of alkyl halides is 1. The number of pyridine rings is 2. The second-order valence-electron chi connectivity index (χ2n) is 7.43. The van der Waals surface area contributed by atoms with Crippen LogP contribution >= 0.6 is 0 Å². The van der Waals surface area contributed by atoms with Gasteiger partial charge in [0, 0.05) is 48.6 Å². The standard InChI is InChI=1S/C21H26FN3O3/c22-10-13-27-25-15-17(5-7-21(25)26)16-4-6-20(23-14-16)28-19-8-11-24(12-9-19)18-2-1-3-18/h4-7,14-15,18-19H,1-3,8-13H2. The van der Waals surface area contributed by atoms with Gasteiger partial charge in [-0.2, -0.15) is 4.73 Å². The van der Waals surface area contributed by atoms with Crippen molar-refractivity contribution in [2.45, 2.75) is 44.2 Å². The van der Waals surface area contributed by atoms with Crippen LogP contribution in [-0.2, 0) is 0 Å². The van der Waals surface area contributed by atoms with Crippen LogP contribution in [0.4, 0.5) is 4.39 Å². The number of hydrogen-bond acceptors (Lipinski definition) is 5. The lowest BCUT2D eigenvalue weighted by atomic mass is 9.90. The zero-order valence-electron chi connectivity index (χ0n) is 15.9. The average Bonchev–Trinajstić information content (AvgIpc) is 2.68. The first-order chi connectivity index (χ1) is 13.7. The van der Waals surface area contributed by atoms with Gasteiger partial charge in [-0.3, -0.25) is 4.79 Å². The van der Waals surface area contributed by atoms with Gasteiger partial charge in [0.1, 0.15) is 19.4 Å². The third-order valence-electron chi connectivity index (χ3n) is 5.61. The molecule has 2 fully saturated rings. The van der Waals surface area contributed by atoms with Crippen LogP contribution in [0.3, 0.4) is 0 Å². The lowest BCUT2D eigenvalue weighted by molar-refractivity contribution is 0.0475. The second kappa shape index (κ2) is 8.73. The highest BCUT2D eigenvalue weighted by Crippen LogP contribution is 2.28. The van der Waals surface area contributed by atoms with E-state index in [1.54, 1.807) is 18.5 Å². The van der Waals surface area contributed by atoms with Crippen molar-refractivity contribution in [3.8, 4) is 17.0 Å². The summed E-state index contributed by atoms with van der Waals surface area (Å²) in [6.07, 6.45) is 9.63. The Labute approximate surface area is 163 Å². The molecule has 150 valence electrons. The summed E-state index contributed by atoms with van der Waals surface area (Å²) >= 11 is 0. The van der Waals surface area contributed by atoms with Crippen LogP contribution in [0.2, 0.25) is 0 Å². The second-order valence-corrected chi connectivity index (χ2v) is 7.43. The molecule has 4 rings (SSSR count). The largest absolute Gasteiger partial charge is 0.474 e. The SMILES string of the molecule is O=c1ccc(-c2ccc(OC3CCN(C4CCC4)CC3)nc2)cn1OCCF. The van der Waals surface area contributed by atoms with Crippen LogP contribution in [-0.4, -0.2) is 53.1 Å². The van der Waals surface area contributed by atoms with E-state index in [1.807, 2.05) is 12.1 Å². The van der Waals surface area contributed by atoms with Crippen molar-refractivity contribution in [3.63, 3.8) is 0 Å². The first-order valence-corrected chi connectivity index (χ1v) is 10.0. The molecule has 1 aliphatic heterocycles. The van der Waals surface area contributed by atoms with Crippen LogP contribution < -0.4 is 15.1 Å². The number of halogens is 1. The fourth-order valence-electron chi connectivity index (χ4n) is 3.77. The van der Waals surface area contributed by atoms with Gasteiger partial charge in [0.2, 0.25) is 5.88 Å². The molecule has 1 saturated carbocycles. The van der Waals surface area contributed by atoms with E-state index in [0.717, 1.165) is 47.8 Å². The number of likely N-dealkylation sites (tertiary alicyclic amines) is 1. The Morgan fingerprint density at radius 2 is 1.86 bits per heavy atom. The van der Waals surface area contributed by atoms with Crippen LogP contribution in [0.1, 0.15) is 32.1 Å². The fraction of sp³-hybridized carbons (Fsp3) is 0.524. The van der Waals surface area contributed by atoms with Gasteiger partial charge < -0.3 is 14.5 Å². The lowest BCUT2D eigenvalue weighted by Crippen LogP contribution is -2.46. The third kappa shape index (κ3) is 4.35. The smallest absolute Gasteiger partial charge is 0.282 e. The molecular formula is C21H26FN3O3. The van der Waals surface area contributed by atoms with Gasteiger partial charge in [-0.25, -0.2) is 9.37 Å². The number of aromatic nitrogens is 2. The van der Waals surface area contributed by atoms with Crippen molar-refractivity contribution in [2.75, 3.05) is 26.4 Å². The third-order valence-corrected chi connectivity index (χ3v) is 5.61. The maximum atomic E-state index is 12.3. The van der Waals surface area contributed by atoms with Crippen LogP contribution in [0.5, 0.6) is 5.88 Å². The summed E-state index contributed by atoms with van der Waals surface area (Å²) in [5, 5.41) is 0. The minimum Gasteiger partial charge on any atom is -0.474 e. The van der Waals surface area contributed by atoms with E-state index in [2.05, 4.69) is 9.88 Å². The molecule has 0 radical (unpaired) electrons. The summed E-state index contributed by atoms with van der Waals surface area (Å²) in [5.41, 5.74) is 1.27. The normalized spacial score (nSPS) is 18.6. The van der Waals surface area contributed by atoms with Gasteiger partial charge in [-0.05, 0) is 37.8 Å². The number of hydrogen-bond donors (Lipinski definition) is 0. The van der Waals surface area contributed by atoms with E-state index in [0.29, 0.717) is 5.88 Å². The number of rotatable bonds is 7. The van der Waals surface area contributed by atoms with E-state index in [9.17, 15) is 9.18 Å². The maximum Gasteiger partial charge on any atom is 0.282 e. The fourth-order valence-corrected chi connectivity index (χ4v) is 3.77. The van der Waals surface area contributed by atoms with Gasteiger partial charge >= 0.3 is 0 Å². The first kappa shape index (κ1) is 18.9. The van der Waals surface area contributed by atoms with Crippen molar-refractivity contribution >= 4 is 0 Å². The molecular weight excluding hydrogens is 361 g/mol. The molecule has 1 saturated heterocycles. The van der Waals surface area contributed by atoms with E-state index < -0.39 is 6.67 Å². The van der Waals surface area contributed by atoms with Crippen molar-refractivity contribution in [1.29, 1.82) is 0 Å².